The Morgan fingerprint density at radius 2 is 0.400 bits per heavy atom. The Morgan fingerprint density at radius 3 is 0.400 bits per heavy atom. The first-order valence-corrected chi connectivity index (χ1v) is 0. The molecule has 43 valence electrons. The number of hydrogen-bond donors (Lipinski definition) is 0. The van der Waals surface area contributed by atoms with Gasteiger partial charge in [0.2, 0.25) is 0 Å². The van der Waals surface area contributed by atoms with E-state index in [4.69, 9.17) is 0 Å². The zero-order valence-corrected chi connectivity index (χ0v) is 2.47. The molecule has 0 bridgehead atoms. The Hall–Kier alpha value is 2.91. The fourth-order valence-electron chi connectivity index (χ4n) is 0. The third kappa shape index (κ3) is 19.7. The van der Waals surface area contributed by atoms with Gasteiger partial charge in [0.25, 0.3) is 0 Å². The van der Waals surface area contributed by atoms with Crippen LogP contribution in [0.4, 0.5) is 0 Å². The van der Waals surface area contributed by atoms with Crippen molar-refractivity contribution in [3.8, 4) is 0 Å². The van der Waals surface area contributed by atoms with Gasteiger partial charge in [-0.3, -0.25) is 0 Å². The van der Waals surface area contributed by atoms with Crippen molar-refractivity contribution >= 4 is 70.4 Å². The molecule has 0 aliphatic heterocycles. The normalized spacial score (nSPS) is 0. The van der Waals surface area contributed by atoms with Crippen LogP contribution in [0.25, 0.3) is 0 Å². The topological polar surface area (TPSA) is 0 Å². The first-order valence-electron chi connectivity index (χ1n) is 0. The molecule has 0 rings (SSSR count). The standard InChI is InChI=1S/Au.4GeH4/h;4*1H4. The van der Waals surface area contributed by atoms with Gasteiger partial charge in [0.1, 0.15) is 0 Å². The zero-order chi connectivity index (χ0) is 0. The van der Waals surface area contributed by atoms with Crippen molar-refractivity contribution in [2.75, 3.05) is 0 Å². The molecule has 5 heteroatoms. The summed E-state index contributed by atoms with van der Waals surface area (Å²) in [7, 11) is 0. The number of hydrogen-bond acceptors (Lipinski definition) is 0. The van der Waals surface area contributed by atoms with Crippen molar-refractivity contribution in [3.63, 3.8) is 0 Å². The summed E-state index contributed by atoms with van der Waals surface area (Å²) in [5.74, 6) is 0. The van der Waals surface area contributed by atoms with Crippen LogP contribution in [0.3, 0.4) is 0 Å². The summed E-state index contributed by atoms with van der Waals surface area (Å²) in [5.41, 5.74) is 0. The minimum absolute atomic E-state index is 0. The molecule has 0 atom stereocenters. The van der Waals surface area contributed by atoms with Crippen LogP contribution < -0.4 is 0 Å². The first kappa shape index (κ1) is 44.6. The minimum atomic E-state index is 0. The maximum atomic E-state index is 0. The van der Waals surface area contributed by atoms with E-state index in [1.807, 2.05) is 0 Å². The summed E-state index contributed by atoms with van der Waals surface area (Å²) in [5, 5.41) is 0. The van der Waals surface area contributed by atoms with Gasteiger partial charge in [0, 0.05) is 22.4 Å². The van der Waals surface area contributed by atoms with Gasteiger partial charge >= 0.3 is 70.4 Å². The van der Waals surface area contributed by atoms with E-state index in [1.54, 1.807) is 0 Å². The molecule has 0 aromatic heterocycles. The van der Waals surface area contributed by atoms with E-state index in [9.17, 15) is 0 Å². The SMILES string of the molecule is [Au].[GeH4].[GeH4].[GeH4].[GeH4]. The van der Waals surface area contributed by atoms with Gasteiger partial charge in [0.15, 0.2) is 0 Å². The van der Waals surface area contributed by atoms with Crippen LogP contribution in [-0.2, 0) is 22.4 Å². The third-order valence-corrected chi connectivity index (χ3v) is 0. The second kappa shape index (κ2) is 28.5. The van der Waals surface area contributed by atoms with Crippen molar-refractivity contribution in [1.82, 2.24) is 0 Å². The zero-order valence-electron chi connectivity index (χ0n) is 0.302. The fourth-order valence-corrected chi connectivity index (χ4v) is 0. The second-order valence-corrected chi connectivity index (χ2v) is 0. The molecule has 5 heavy (non-hydrogen) atoms. The van der Waals surface area contributed by atoms with Gasteiger partial charge in [-0.1, -0.05) is 0 Å². The molecule has 0 aromatic carbocycles. The van der Waals surface area contributed by atoms with Gasteiger partial charge in [-0.25, -0.2) is 0 Å². The Balaban J connectivity index is 0. The summed E-state index contributed by atoms with van der Waals surface area (Å²) >= 11 is 0. The molecule has 1 radical (unpaired) electrons. The van der Waals surface area contributed by atoms with E-state index in [1.165, 1.54) is 0 Å². The van der Waals surface area contributed by atoms with Crippen LogP contribution in [0.5, 0.6) is 0 Å². The van der Waals surface area contributed by atoms with E-state index in [0.717, 1.165) is 0 Å². The molecule has 0 amide bonds. The Labute approximate surface area is 91.4 Å². The second-order valence-electron chi connectivity index (χ2n) is 0. The molecule has 0 aromatic rings. The summed E-state index contributed by atoms with van der Waals surface area (Å²) in [6, 6.07) is 0. The van der Waals surface area contributed by atoms with Crippen LogP contribution in [0.1, 0.15) is 0 Å². The van der Waals surface area contributed by atoms with E-state index in [0.29, 0.717) is 0 Å². The summed E-state index contributed by atoms with van der Waals surface area (Å²) in [6.45, 7) is 0. The van der Waals surface area contributed by atoms with E-state index in [2.05, 4.69) is 0 Å². The third-order valence-electron chi connectivity index (χ3n) is 0. The Bertz CT molecular complexity index is 3.61. The molecular weight excluding hydrogens is 487 g/mol. The van der Waals surface area contributed by atoms with Crippen LogP contribution >= 0.6 is 0 Å². The molecule has 0 aliphatic rings. The van der Waals surface area contributed by atoms with E-state index in [-0.39, 0.29) is 92.8 Å². The van der Waals surface area contributed by atoms with Crippen molar-refractivity contribution < 1.29 is 22.4 Å². The average molecular weight is 504 g/mol. The van der Waals surface area contributed by atoms with Crippen LogP contribution in [0, 0.1) is 0 Å². The van der Waals surface area contributed by atoms with Gasteiger partial charge in [-0.05, 0) is 0 Å². The van der Waals surface area contributed by atoms with Crippen LogP contribution in [-0.4, -0.2) is 70.4 Å². The summed E-state index contributed by atoms with van der Waals surface area (Å²) < 4.78 is 0. The predicted octanol–water partition coefficient (Wildman–Crippen LogP) is -5.81. The monoisotopic (exact) mass is 509 g/mol. The van der Waals surface area contributed by atoms with Crippen molar-refractivity contribution in [2.24, 2.45) is 0 Å². The average Bonchev–Trinajstić information content (AvgIpc) is 0. The van der Waals surface area contributed by atoms with Crippen LogP contribution in [0.15, 0.2) is 0 Å². The van der Waals surface area contributed by atoms with Gasteiger partial charge in [-0.2, -0.15) is 0 Å². The molecule has 0 saturated carbocycles. The predicted molar refractivity (Wildman–Crippen MR) is 45.3 cm³/mol. The molecule has 0 nitrogen and oxygen atoms in total. The van der Waals surface area contributed by atoms with E-state index < -0.39 is 0 Å². The van der Waals surface area contributed by atoms with Crippen molar-refractivity contribution in [1.29, 1.82) is 0 Å². The molecule has 0 unspecified atom stereocenters. The molecule has 0 N–H and O–H groups in total. The molecule has 0 saturated heterocycles. The van der Waals surface area contributed by atoms with Gasteiger partial charge in [-0.15, -0.1) is 0 Å². The van der Waals surface area contributed by atoms with Crippen LogP contribution in [0.2, 0.25) is 0 Å². The van der Waals surface area contributed by atoms with Crippen molar-refractivity contribution in [3.05, 3.63) is 0 Å². The summed E-state index contributed by atoms with van der Waals surface area (Å²) in [6.07, 6.45) is 0. The molecular formula is H16AuGe4. The van der Waals surface area contributed by atoms with Gasteiger partial charge < -0.3 is 0 Å². The maximum absolute atomic E-state index is 0. The van der Waals surface area contributed by atoms with Crippen molar-refractivity contribution in [2.45, 2.75) is 0 Å². The first-order chi connectivity index (χ1) is 0. The molecule has 0 heterocycles. The summed E-state index contributed by atoms with van der Waals surface area (Å²) in [4.78, 5) is 0. The van der Waals surface area contributed by atoms with E-state index >= 15 is 0 Å². The molecule has 0 spiro atoms. The Morgan fingerprint density at radius 1 is 0.400 bits per heavy atom. The van der Waals surface area contributed by atoms with Gasteiger partial charge in [0.05, 0.1) is 0 Å². The Kier molecular flexibility index (Phi) is 254. The number of rotatable bonds is 0. The fraction of sp³-hybridized carbons (Fsp3) is 0. The quantitative estimate of drug-likeness (QED) is 0.289. The molecule has 0 fully saturated rings. The molecule has 0 aliphatic carbocycles.